The molecule has 1 aliphatic rings. The molecule has 90 valence electrons. The van der Waals surface area contributed by atoms with Crippen molar-refractivity contribution in [3.05, 3.63) is 24.3 Å². The summed E-state index contributed by atoms with van der Waals surface area (Å²) in [6, 6.07) is 8.61. The van der Waals surface area contributed by atoms with Crippen LogP contribution < -0.4 is 15.4 Å². The van der Waals surface area contributed by atoms with Gasteiger partial charge in [-0.1, -0.05) is 5.92 Å². The fourth-order valence-electron chi connectivity index (χ4n) is 2.03. The minimum absolute atomic E-state index is 0.269. The normalized spacial score (nSPS) is 19.6. The first-order valence-corrected chi connectivity index (χ1v) is 6.59. The van der Waals surface area contributed by atoms with Gasteiger partial charge in [0.15, 0.2) is 0 Å². The lowest BCUT2D eigenvalue weighted by Gasteiger charge is -2.35. The van der Waals surface area contributed by atoms with Crippen molar-refractivity contribution in [2.24, 2.45) is 5.14 Å². The average molecular weight is 247 g/mol. The Bertz CT molecular complexity index is 419. The van der Waals surface area contributed by atoms with E-state index in [2.05, 4.69) is 46.3 Å². The molecule has 0 saturated carbocycles. The predicted octanol–water partition coefficient (Wildman–Crippen LogP) is 1.45. The monoisotopic (exact) mass is 247 g/mol. The van der Waals surface area contributed by atoms with Gasteiger partial charge in [0.1, 0.15) is 6.04 Å². The number of rotatable bonds is 2. The third-order valence-electron chi connectivity index (χ3n) is 2.86. The van der Waals surface area contributed by atoms with Crippen molar-refractivity contribution < 1.29 is 0 Å². The van der Waals surface area contributed by atoms with E-state index < -0.39 is 0 Å². The van der Waals surface area contributed by atoms with Gasteiger partial charge in [-0.3, -0.25) is 5.14 Å². The highest BCUT2D eigenvalue weighted by molar-refractivity contribution is 7.97. The molecule has 0 aliphatic carbocycles. The van der Waals surface area contributed by atoms with Gasteiger partial charge in [-0.2, -0.15) is 0 Å². The molecule has 0 spiro atoms. The van der Waals surface area contributed by atoms with Gasteiger partial charge in [0.2, 0.25) is 0 Å². The summed E-state index contributed by atoms with van der Waals surface area (Å²) in [6.07, 6.45) is 0. The van der Waals surface area contributed by atoms with Crippen molar-refractivity contribution in [2.75, 3.05) is 24.5 Å². The first kappa shape index (κ1) is 12.3. The fraction of sp³-hybridized carbons (Fsp3) is 0.385. The first-order valence-electron chi connectivity index (χ1n) is 5.71. The van der Waals surface area contributed by atoms with Crippen LogP contribution in [0.3, 0.4) is 0 Å². The third-order valence-corrected chi connectivity index (χ3v) is 3.40. The van der Waals surface area contributed by atoms with Gasteiger partial charge in [0, 0.05) is 30.2 Å². The molecule has 1 fully saturated rings. The number of piperazine rings is 1. The number of nitrogens with zero attached hydrogens (tertiary/aromatic N) is 1. The van der Waals surface area contributed by atoms with Crippen LogP contribution in [0, 0.1) is 11.8 Å². The lowest BCUT2D eigenvalue weighted by Crippen LogP contribution is -2.50. The maximum absolute atomic E-state index is 5.52. The molecule has 1 unspecified atom stereocenters. The number of hydrogen-bond acceptors (Lipinski definition) is 4. The standard InChI is InChI=1S/C13H17N3S/c1-2-3-12-10-15-8-9-16(12)11-4-6-13(17-14)7-5-11/h4-7,12,15H,8-10,14H2,1H3. The molecule has 3 N–H and O–H groups in total. The maximum Gasteiger partial charge on any atom is 0.103 e. The zero-order valence-corrected chi connectivity index (χ0v) is 10.8. The van der Waals surface area contributed by atoms with E-state index in [4.69, 9.17) is 5.14 Å². The van der Waals surface area contributed by atoms with Gasteiger partial charge in [-0.25, -0.2) is 0 Å². The minimum atomic E-state index is 0.269. The second-order valence-corrected chi connectivity index (χ2v) is 4.63. The van der Waals surface area contributed by atoms with E-state index in [1.807, 2.05) is 6.92 Å². The molecule has 1 heterocycles. The number of nitrogens with two attached hydrogens (primary N) is 1. The van der Waals surface area contributed by atoms with Gasteiger partial charge in [-0.15, -0.1) is 5.92 Å². The van der Waals surface area contributed by atoms with Crippen LogP contribution in [-0.4, -0.2) is 25.7 Å². The number of benzene rings is 1. The SMILES string of the molecule is CC#CC1CNCCN1c1ccc(SN)cc1. The summed E-state index contributed by atoms with van der Waals surface area (Å²) in [5.74, 6) is 6.25. The molecule has 1 atom stereocenters. The second-order valence-electron chi connectivity index (χ2n) is 3.92. The third kappa shape index (κ3) is 2.95. The Kier molecular flexibility index (Phi) is 4.32. The molecule has 4 heteroatoms. The van der Waals surface area contributed by atoms with Gasteiger partial charge in [0.05, 0.1) is 0 Å². The Hall–Kier alpha value is -1.15. The summed E-state index contributed by atoms with van der Waals surface area (Å²) in [5, 5.41) is 8.90. The Balaban J connectivity index is 2.19. The van der Waals surface area contributed by atoms with Crippen molar-refractivity contribution in [3.63, 3.8) is 0 Å². The zero-order chi connectivity index (χ0) is 12.1. The van der Waals surface area contributed by atoms with Crippen molar-refractivity contribution in [1.82, 2.24) is 5.32 Å². The molecule has 1 aromatic carbocycles. The van der Waals surface area contributed by atoms with Crippen LogP contribution >= 0.6 is 11.9 Å². The second kappa shape index (κ2) is 5.97. The summed E-state index contributed by atoms with van der Waals surface area (Å²) in [6.45, 7) is 4.82. The Morgan fingerprint density at radius 2 is 2.18 bits per heavy atom. The van der Waals surface area contributed by atoms with E-state index in [-0.39, 0.29) is 6.04 Å². The molecule has 1 saturated heterocycles. The molecule has 2 rings (SSSR count). The van der Waals surface area contributed by atoms with E-state index in [0.717, 1.165) is 24.5 Å². The van der Waals surface area contributed by atoms with E-state index in [0.29, 0.717) is 0 Å². The van der Waals surface area contributed by atoms with Crippen LogP contribution in [0.15, 0.2) is 29.2 Å². The quantitative estimate of drug-likeness (QED) is 0.613. The topological polar surface area (TPSA) is 41.3 Å². The van der Waals surface area contributed by atoms with Gasteiger partial charge in [-0.05, 0) is 43.1 Å². The van der Waals surface area contributed by atoms with Crippen LogP contribution in [0.4, 0.5) is 5.69 Å². The molecular weight excluding hydrogens is 230 g/mol. The lowest BCUT2D eigenvalue weighted by molar-refractivity contribution is 0.538. The van der Waals surface area contributed by atoms with E-state index in [1.54, 1.807) is 0 Å². The fourth-order valence-corrected chi connectivity index (χ4v) is 2.32. The minimum Gasteiger partial charge on any atom is -0.355 e. The van der Waals surface area contributed by atoms with Gasteiger partial charge in [0.25, 0.3) is 0 Å². The molecular formula is C13H17N3S. The van der Waals surface area contributed by atoms with Crippen LogP contribution in [0.25, 0.3) is 0 Å². The maximum atomic E-state index is 5.52. The summed E-state index contributed by atoms with van der Waals surface area (Å²) >= 11 is 1.28. The summed E-state index contributed by atoms with van der Waals surface area (Å²) in [7, 11) is 0. The van der Waals surface area contributed by atoms with Gasteiger partial charge >= 0.3 is 0 Å². The highest BCUT2D eigenvalue weighted by Crippen LogP contribution is 2.21. The summed E-state index contributed by atoms with van der Waals surface area (Å²) < 4.78 is 0. The van der Waals surface area contributed by atoms with Crippen molar-refractivity contribution >= 4 is 17.6 Å². The smallest absolute Gasteiger partial charge is 0.103 e. The Morgan fingerprint density at radius 1 is 1.41 bits per heavy atom. The highest BCUT2D eigenvalue weighted by Gasteiger charge is 2.20. The number of hydrogen-bond donors (Lipinski definition) is 2. The molecule has 0 amide bonds. The molecule has 0 aromatic heterocycles. The molecule has 0 radical (unpaired) electrons. The van der Waals surface area contributed by atoms with E-state index in [1.165, 1.54) is 17.6 Å². The molecule has 1 aromatic rings. The van der Waals surface area contributed by atoms with Crippen LogP contribution in [0.2, 0.25) is 0 Å². The summed E-state index contributed by atoms with van der Waals surface area (Å²) in [5.41, 5.74) is 1.22. The number of anilines is 1. The van der Waals surface area contributed by atoms with Crippen LogP contribution in [0.5, 0.6) is 0 Å². The Labute approximate surface area is 107 Å². The molecule has 17 heavy (non-hydrogen) atoms. The highest BCUT2D eigenvalue weighted by atomic mass is 32.2. The van der Waals surface area contributed by atoms with Crippen LogP contribution in [-0.2, 0) is 0 Å². The molecule has 3 nitrogen and oxygen atoms in total. The van der Waals surface area contributed by atoms with Crippen LogP contribution in [0.1, 0.15) is 6.92 Å². The van der Waals surface area contributed by atoms with E-state index in [9.17, 15) is 0 Å². The molecule has 0 bridgehead atoms. The first-order chi connectivity index (χ1) is 8.35. The molecule has 1 aliphatic heterocycles. The predicted molar refractivity (Wildman–Crippen MR) is 73.9 cm³/mol. The van der Waals surface area contributed by atoms with Gasteiger partial charge < -0.3 is 10.2 Å². The van der Waals surface area contributed by atoms with Crippen molar-refractivity contribution in [3.8, 4) is 11.8 Å². The van der Waals surface area contributed by atoms with Crippen molar-refractivity contribution in [1.29, 1.82) is 0 Å². The summed E-state index contributed by atoms with van der Waals surface area (Å²) in [4.78, 5) is 3.43. The van der Waals surface area contributed by atoms with Crippen molar-refractivity contribution in [2.45, 2.75) is 17.9 Å². The zero-order valence-electron chi connectivity index (χ0n) is 9.94. The average Bonchev–Trinajstić information content (AvgIpc) is 2.40. The lowest BCUT2D eigenvalue weighted by atomic mass is 10.1. The van der Waals surface area contributed by atoms with E-state index >= 15 is 0 Å². The largest absolute Gasteiger partial charge is 0.355 e. The number of nitrogens with one attached hydrogen (secondary N) is 1. The Morgan fingerprint density at radius 3 is 2.82 bits per heavy atom.